The van der Waals surface area contributed by atoms with Crippen LogP contribution in [-0.4, -0.2) is 11.2 Å². The van der Waals surface area contributed by atoms with Crippen molar-refractivity contribution in [2.24, 2.45) is 0 Å². The van der Waals surface area contributed by atoms with Crippen molar-refractivity contribution in [3.05, 3.63) is 59.1 Å². The molecule has 0 aromatic heterocycles. The zero-order valence-electron chi connectivity index (χ0n) is 12.0. The Morgan fingerprint density at radius 2 is 1.65 bits per heavy atom. The van der Waals surface area contributed by atoms with Gasteiger partial charge >= 0.3 is 6.18 Å². The number of carbonyl (C=O) groups is 1. The monoisotopic (exact) mass is 359 g/mol. The zero-order chi connectivity index (χ0) is 17.0. The number of hydrogen-bond acceptors (Lipinski definition) is 2. The molecular formula is C16H13ClF3NOS. The van der Waals surface area contributed by atoms with Gasteiger partial charge in [-0.25, -0.2) is 0 Å². The van der Waals surface area contributed by atoms with E-state index in [1.807, 2.05) is 0 Å². The molecule has 2 rings (SSSR count). The van der Waals surface area contributed by atoms with Gasteiger partial charge in [0.1, 0.15) is 0 Å². The Kier molecular flexibility index (Phi) is 5.59. The van der Waals surface area contributed by atoms with E-state index in [9.17, 15) is 18.0 Å². The molecule has 122 valence electrons. The van der Waals surface area contributed by atoms with E-state index in [-0.39, 0.29) is 5.91 Å². The first-order chi connectivity index (χ1) is 10.8. The summed E-state index contributed by atoms with van der Waals surface area (Å²) in [6.07, 6.45) is -4.39. The topological polar surface area (TPSA) is 29.1 Å². The maximum absolute atomic E-state index is 12.5. The van der Waals surface area contributed by atoms with E-state index < -0.39 is 17.0 Å². The highest BCUT2D eigenvalue weighted by molar-refractivity contribution is 8.00. The van der Waals surface area contributed by atoms with Crippen LogP contribution in [0.1, 0.15) is 12.5 Å². The molecule has 0 heterocycles. The molecule has 0 saturated heterocycles. The second-order valence-corrected chi connectivity index (χ2v) is 6.63. The fraction of sp³-hybridized carbons (Fsp3) is 0.188. The van der Waals surface area contributed by atoms with Gasteiger partial charge in [0.25, 0.3) is 0 Å². The van der Waals surface area contributed by atoms with Gasteiger partial charge < -0.3 is 5.32 Å². The van der Waals surface area contributed by atoms with Gasteiger partial charge in [-0.1, -0.05) is 11.6 Å². The first-order valence-corrected chi connectivity index (χ1v) is 7.92. The molecule has 7 heteroatoms. The van der Waals surface area contributed by atoms with Crippen LogP contribution in [0.15, 0.2) is 53.4 Å². The molecule has 0 radical (unpaired) electrons. The van der Waals surface area contributed by atoms with Crippen LogP contribution in [-0.2, 0) is 11.0 Å². The third-order valence-electron chi connectivity index (χ3n) is 2.98. The standard InChI is InChI=1S/C16H13ClF3NOS/c1-10(23-14-8-4-12(17)5-9-14)15(22)21-13-6-2-11(3-7-13)16(18,19)20/h2-10H,1H3,(H,21,22)/t10-/m1/s1. The van der Waals surface area contributed by atoms with Gasteiger partial charge in [-0.2, -0.15) is 13.2 Å². The fourth-order valence-electron chi connectivity index (χ4n) is 1.76. The molecule has 2 nitrogen and oxygen atoms in total. The van der Waals surface area contributed by atoms with Crippen LogP contribution < -0.4 is 5.32 Å². The quantitative estimate of drug-likeness (QED) is 0.732. The highest BCUT2D eigenvalue weighted by Gasteiger charge is 2.30. The van der Waals surface area contributed by atoms with Crippen LogP contribution in [0.2, 0.25) is 5.02 Å². The lowest BCUT2D eigenvalue weighted by atomic mass is 10.2. The predicted molar refractivity (Wildman–Crippen MR) is 86.8 cm³/mol. The van der Waals surface area contributed by atoms with Crippen molar-refractivity contribution in [2.45, 2.75) is 23.2 Å². The van der Waals surface area contributed by atoms with Gasteiger partial charge in [0, 0.05) is 15.6 Å². The summed E-state index contributed by atoms with van der Waals surface area (Å²) in [7, 11) is 0. The van der Waals surface area contributed by atoms with Crippen molar-refractivity contribution < 1.29 is 18.0 Å². The number of hydrogen-bond donors (Lipinski definition) is 1. The van der Waals surface area contributed by atoms with Crippen molar-refractivity contribution in [3.8, 4) is 0 Å². The molecular weight excluding hydrogens is 347 g/mol. The first-order valence-electron chi connectivity index (χ1n) is 6.66. The van der Waals surface area contributed by atoms with E-state index in [0.717, 1.165) is 17.0 Å². The minimum Gasteiger partial charge on any atom is -0.325 e. The van der Waals surface area contributed by atoms with Crippen molar-refractivity contribution >= 4 is 35.0 Å². The van der Waals surface area contributed by atoms with E-state index >= 15 is 0 Å². The SMILES string of the molecule is C[C@@H](Sc1ccc(Cl)cc1)C(=O)Nc1ccc(C(F)(F)F)cc1. The minimum atomic E-state index is -4.39. The maximum Gasteiger partial charge on any atom is 0.416 e. The van der Waals surface area contributed by atoms with Gasteiger partial charge in [0.2, 0.25) is 5.91 Å². The molecule has 2 aromatic carbocycles. The summed E-state index contributed by atoms with van der Waals surface area (Å²) in [5.41, 5.74) is -0.425. The zero-order valence-corrected chi connectivity index (χ0v) is 13.6. The molecule has 0 saturated carbocycles. The van der Waals surface area contributed by atoms with Crippen LogP contribution in [0.5, 0.6) is 0 Å². The summed E-state index contributed by atoms with van der Waals surface area (Å²) in [5.74, 6) is -0.287. The summed E-state index contributed by atoms with van der Waals surface area (Å²) in [6, 6.07) is 11.4. The van der Waals surface area contributed by atoms with E-state index in [2.05, 4.69) is 5.32 Å². The molecule has 0 aliphatic heterocycles. The summed E-state index contributed by atoms with van der Waals surface area (Å²) >= 11 is 7.13. The van der Waals surface area contributed by atoms with Crippen LogP contribution >= 0.6 is 23.4 Å². The Balaban J connectivity index is 1.96. The van der Waals surface area contributed by atoms with Gasteiger partial charge in [0.05, 0.1) is 10.8 Å². The average Bonchev–Trinajstić information content (AvgIpc) is 2.49. The van der Waals surface area contributed by atoms with Crippen LogP contribution in [0.3, 0.4) is 0 Å². The number of alkyl halides is 3. The highest BCUT2D eigenvalue weighted by Crippen LogP contribution is 2.30. The molecule has 2 aromatic rings. The molecule has 1 atom stereocenters. The molecule has 23 heavy (non-hydrogen) atoms. The lowest BCUT2D eigenvalue weighted by Gasteiger charge is -2.13. The largest absolute Gasteiger partial charge is 0.416 e. The number of nitrogens with one attached hydrogen (secondary N) is 1. The number of halogens is 4. The van der Waals surface area contributed by atoms with Crippen LogP contribution in [0.25, 0.3) is 0 Å². The summed E-state index contributed by atoms with van der Waals surface area (Å²) in [5, 5.41) is 2.80. The lowest BCUT2D eigenvalue weighted by Crippen LogP contribution is -2.22. The second kappa shape index (κ2) is 7.27. The van der Waals surface area contributed by atoms with E-state index in [0.29, 0.717) is 10.7 Å². The third-order valence-corrected chi connectivity index (χ3v) is 4.34. The number of rotatable bonds is 4. The van der Waals surface area contributed by atoms with E-state index in [4.69, 9.17) is 11.6 Å². The summed E-state index contributed by atoms with van der Waals surface area (Å²) in [4.78, 5) is 13.0. The Hall–Kier alpha value is -1.66. The van der Waals surface area contributed by atoms with Crippen molar-refractivity contribution in [1.29, 1.82) is 0 Å². The Labute approximate surface area is 141 Å². The Bertz CT molecular complexity index is 671. The first kappa shape index (κ1) is 17.7. The third kappa shape index (κ3) is 5.18. The molecule has 0 spiro atoms. The number of thioether (sulfide) groups is 1. The van der Waals surface area contributed by atoms with Crippen LogP contribution in [0.4, 0.5) is 18.9 Å². The Morgan fingerprint density at radius 1 is 1.09 bits per heavy atom. The predicted octanol–water partition coefficient (Wildman–Crippen LogP) is 5.48. The molecule has 0 fully saturated rings. The second-order valence-electron chi connectivity index (χ2n) is 4.78. The van der Waals surface area contributed by atoms with Gasteiger partial charge in [-0.05, 0) is 55.5 Å². The summed E-state index contributed by atoms with van der Waals surface area (Å²) < 4.78 is 37.4. The summed E-state index contributed by atoms with van der Waals surface area (Å²) in [6.45, 7) is 1.72. The minimum absolute atomic E-state index is 0.287. The normalized spacial score (nSPS) is 12.7. The van der Waals surface area contributed by atoms with Gasteiger partial charge in [-0.15, -0.1) is 11.8 Å². The smallest absolute Gasteiger partial charge is 0.325 e. The fourth-order valence-corrected chi connectivity index (χ4v) is 2.75. The molecule has 1 N–H and O–H groups in total. The number of carbonyl (C=O) groups excluding carboxylic acids is 1. The molecule has 0 aliphatic carbocycles. The number of anilines is 1. The van der Waals surface area contributed by atoms with Gasteiger partial charge in [-0.3, -0.25) is 4.79 Å². The van der Waals surface area contributed by atoms with Crippen molar-refractivity contribution in [2.75, 3.05) is 5.32 Å². The lowest BCUT2D eigenvalue weighted by molar-refractivity contribution is -0.137. The molecule has 0 bridgehead atoms. The van der Waals surface area contributed by atoms with Crippen LogP contribution in [0, 0.1) is 0 Å². The number of benzene rings is 2. The molecule has 0 aliphatic rings. The van der Waals surface area contributed by atoms with E-state index in [1.165, 1.54) is 23.9 Å². The highest BCUT2D eigenvalue weighted by atomic mass is 35.5. The number of amides is 1. The van der Waals surface area contributed by atoms with Crippen molar-refractivity contribution in [1.82, 2.24) is 0 Å². The van der Waals surface area contributed by atoms with E-state index in [1.54, 1.807) is 31.2 Å². The van der Waals surface area contributed by atoms with Crippen molar-refractivity contribution in [3.63, 3.8) is 0 Å². The van der Waals surface area contributed by atoms with Gasteiger partial charge in [0.15, 0.2) is 0 Å². The Morgan fingerprint density at radius 3 is 2.17 bits per heavy atom. The maximum atomic E-state index is 12.5. The molecule has 0 unspecified atom stereocenters. The molecule has 1 amide bonds. The average molecular weight is 360 g/mol.